The zero-order valence-electron chi connectivity index (χ0n) is 9.96. The van der Waals surface area contributed by atoms with Crippen LogP contribution in [0.25, 0.3) is 0 Å². The highest BCUT2D eigenvalue weighted by Gasteiger charge is 2.51. The molecule has 0 fully saturated rings. The summed E-state index contributed by atoms with van der Waals surface area (Å²) in [4.78, 5) is 16.2. The second-order valence-corrected chi connectivity index (χ2v) is 4.81. The number of aromatic nitrogens is 2. The minimum absolute atomic E-state index is 0.359. The molecule has 5 heteroatoms. The van der Waals surface area contributed by atoms with E-state index >= 15 is 0 Å². The molecule has 0 amide bonds. The van der Waals surface area contributed by atoms with Gasteiger partial charge in [0.15, 0.2) is 5.60 Å². The van der Waals surface area contributed by atoms with Gasteiger partial charge >= 0.3 is 5.97 Å². The highest BCUT2D eigenvalue weighted by atomic mass is 16.6. The van der Waals surface area contributed by atoms with Crippen LogP contribution in [0.2, 0.25) is 0 Å². The zero-order chi connectivity index (χ0) is 13.0. The Morgan fingerprint density at radius 2 is 2.37 bits per heavy atom. The number of nitrogens with zero attached hydrogens (tertiary/aromatic N) is 3. The van der Waals surface area contributed by atoms with Crippen LogP contribution in [-0.2, 0) is 16.9 Å². The number of nitriles is 1. The van der Waals surface area contributed by atoms with Crippen molar-refractivity contribution < 1.29 is 9.53 Å². The molecule has 0 N–H and O–H groups in total. The molecule has 3 heterocycles. The first-order chi connectivity index (χ1) is 9.24. The first-order valence-electron chi connectivity index (χ1n) is 6.03. The molecule has 1 aromatic carbocycles. The number of aryl methyl sites for hydroxylation is 1. The molecule has 0 bridgehead atoms. The molecule has 0 radical (unpaired) electrons. The predicted octanol–water partition coefficient (Wildman–Crippen LogP) is 1.57. The topological polar surface area (TPSA) is 67.9 Å². The number of hydrogen-bond donors (Lipinski definition) is 0. The standard InChI is InChI=1S/C14H9N3O2/c15-6-9-1-2-11-10(5-9)13(18)19-14(11)3-4-17-8-16-7-12(14)17/h1-2,5,7-8H,3-4H2. The van der Waals surface area contributed by atoms with Gasteiger partial charge in [-0.2, -0.15) is 5.26 Å². The summed E-state index contributed by atoms with van der Waals surface area (Å²) in [6.07, 6.45) is 4.21. The number of esters is 1. The molecule has 5 nitrogen and oxygen atoms in total. The number of carbonyl (C=O) groups is 1. The number of hydrogen-bond acceptors (Lipinski definition) is 4. The monoisotopic (exact) mass is 251 g/mol. The van der Waals surface area contributed by atoms with Crippen LogP contribution in [0, 0.1) is 11.3 Å². The molecule has 2 aliphatic rings. The third-order valence-electron chi connectivity index (χ3n) is 3.90. The van der Waals surface area contributed by atoms with E-state index in [1.165, 1.54) is 0 Å². The van der Waals surface area contributed by atoms with Gasteiger partial charge in [0.25, 0.3) is 0 Å². The predicted molar refractivity (Wildman–Crippen MR) is 64.2 cm³/mol. The lowest BCUT2D eigenvalue weighted by atomic mass is 9.88. The van der Waals surface area contributed by atoms with Crippen LogP contribution in [0.5, 0.6) is 0 Å². The Labute approximate surface area is 109 Å². The molecule has 2 aromatic rings. The molecule has 0 aliphatic carbocycles. The van der Waals surface area contributed by atoms with E-state index in [-0.39, 0.29) is 5.97 Å². The highest BCUT2D eigenvalue weighted by Crippen LogP contribution is 2.47. The molecule has 19 heavy (non-hydrogen) atoms. The summed E-state index contributed by atoms with van der Waals surface area (Å²) in [5.74, 6) is -0.359. The van der Waals surface area contributed by atoms with E-state index in [2.05, 4.69) is 4.98 Å². The number of imidazole rings is 1. The van der Waals surface area contributed by atoms with E-state index in [9.17, 15) is 4.79 Å². The van der Waals surface area contributed by atoms with Crippen molar-refractivity contribution in [3.63, 3.8) is 0 Å². The minimum atomic E-state index is -0.711. The van der Waals surface area contributed by atoms with Crippen LogP contribution >= 0.6 is 0 Å². The van der Waals surface area contributed by atoms with E-state index in [0.717, 1.165) is 24.2 Å². The smallest absolute Gasteiger partial charge is 0.339 e. The molecule has 1 spiro atoms. The lowest BCUT2D eigenvalue weighted by molar-refractivity contribution is 0.0114. The van der Waals surface area contributed by atoms with Gasteiger partial charge in [0.05, 0.1) is 35.4 Å². The summed E-state index contributed by atoms with van der Waals surface area (Å²) >= 11 is 0. The van der Waals surface area contributed by atoms with Crippen LogP contribution in [0.3, 0.4) is 0 Å². The van der Waals surface area contributed by atoms with Crippen LogP contribution in [0.15, 0.2) is 30.7 Å². The van der Waals surface area contributed by atoms with E-state index in [0.29, 0.717) is 11.1 Å². The van der Waals surface area contributed by atoms with E-state index in [4.69, 9.17) is 10.00 Å². The van der Waals surface area contributed by atoms with Gasteiger partial charge in [0.2, 0.25) is 0 Å². The fraction of sp³-hybridized carbons (Fsp3) is 0.214. The number of rotatable bonds is 0. The van der Waals surface area contributed by atoms with Crippen LogP contribution in [-0.4, -0.2) is 15.5 Å². The molecular weight excluding hydrogens is 242 g/mol. The summed E-state index contributed by atoms with van der Waals surface area (Å²) in [6, 6.07) is 7.19. The van der Waals surface area contributed by atoms with Gasteiger partial charge in [0, 0.05) is 18.5 Å². The largest absolute Gasteiger partial charge is 0.444 e. The second kappa shape index (κ2) is 3.23. The SMILES string of the molecule is N#Cc1ccc2c(c1)C(=O)OC21CCn2cncc21. The third kappa shape index (κ3) is 1.13. The zero-order valence-corrected chi connectivity index (χ0v) is 9.96. The maximum atomic E-state index is 12.1. The van der Waals surface area contributed by atoms with Gasteiger partial charge < -0.3 is 9.30 Å². The maximum absolute atomic E-state index is 12.1. The van der Waals surface area contributed by atoms with Crippen molar-refractivity contribution in [2.75, 3.05) is 0 Å². The molecule has 92 valence electrons. The average molecular weight is 251 g/mol. The molecular formula is C14H9N3O2. The third-order valence-corrected chi connectivity index (χ3v) is 3.90. The molecule has 1 atom stereocenters. The summed E-state index contributed by atoms with van der Waals surface area (Å²) in [7, 11) is 0. The van der Waals surface area contributed by atoms with Gasteiger partial charge in [-0.3, -0.25) is 0 Å². The van der Waals surface area contributed by atoms with Crippen molar-refractivity contribution in [1.29, 1.82) is 5.26 Å². The van der Waals surface area contributed by atoms with Gasteiger partial charge in [-0.15, -0.1) is 0 Å². The number of benzene rings is 1. The highest BCUT2D eigenvalue weighted by molar-refractivity contribution is 5.95. The number of carbonyl (C=O) groups excluding carboxylic acids is 1. The molecule has 1 aromatic heterocycles. The molecule has 1 unspecified atom stereocenters. The Balaban J connectivity index is 1.98. The fourth-order valence-electron chi connectivity index (χ4n) is 3.02. The van der Waals surface area contributed by atoms with Gasteiger partial charge in [-0.25, -0.2) is 9.78 Å². The maximum Gasteiger partial charge on any atom is 0.339 e. The van der Waals surface area contributed by atoms with E-state index < -0.39 is 5.60 Å². The summed E-state index contributed by atoms with van der Waals surface area (Å²) in [5, 5.41) is 8.92. The molecule has 0 saturated heterocycles. The molecule has 2 aliphatic heterocycles. The van der Waals surface area contributed by atoms with E-state index in [1.807, 2.05) is 16.7 Å². The van der Waals surface area contributed by atoms with Gasteiger partial charge in [0.1, 0.15) is 0 Å². The summed E-state index contributed by atoms with van der Waals surface area (Å²) in [6.45, 7) is 0.780. The Kier molecular flexibility index (Phi) is 1.76. The Hall–Kier alpha value is -2.61. The van der Waals surface area contributed by atoms with Crippen molar-refractivity contribution >= 4 is 5.97 Å². The normalized spacial score (nSPS) is 23.0. The van der Waals surface area contributed by atoms with Gasteiger partial charge in [-0.05, 0) is 12.1 Å². The number of ether oxygens (including phenoxy) is 1. The first-order valence-corrected chi connectivity index (χ1v) is 6.03. The van der Waals surface area contributed by atoms with Crippen molar-refractivity contribution in [3.05, 3.63) is 53.1 Å². The van der Waals surface area contributed by atoms with Crippen molar-refractivity contribution in [3.8, 4) is 6.07 Å². The van der Waals surface area contributed by atoms with Crippen molar-refractivity contribution in [1.82, 2.24) is 9.55 Å². The second-order valence-electron chi connectivity index (χ2n) is 4.81. The fourth-order valence-corrected chi connectivity index (χ4v) is 3.02. The lowest BCUT2D eigenvalue weighted by Crippen LogP contribution is -2.24. The lowest BCUT2D eigenvalue weighted by Gasteiger charge is -2.22. The summed E-state index contributed by atoms with van der Waals surface area (Å²) in [5.41, 5.74) is 2.00. The van der Waals surface area contributed by atoms with Crippen LogP contribution < -0.4 is 0 Å². The Bertz CT molecular complexity index is 756. The number of fused-ring (bicyclic) bond motifs is 4. The van der Waals surface area contributed by atoms with Crippen LogP contribution in [0.1, 0.15) is 33.6 Å². The first kappa shape index (κ1) is 10.3. The average Bonchev–Trinajstić information content (AvgIpc) is 3.08. The minimum Gasteiger partial charge on any atom is -0.444 e. The van der Waals surface area contributed by atoms with E-state index in [1.54, 1.807) is 24.7 Å². The van der Waals surface area contributed by atoms with Crippen molar-refractivity contribution in [2.45, 2.75) is 18.6 Å². The van der Waals surface area contributed by atoms with Crippen LogP contribution in [0.4, 0.5) is 0 Å². The molecule has 4 rings (SSSR count). The Morgan fingerprint density at radius 3 is 3.21 bits per heavy atom. The Morgan fingerprint density at radius 1 is 1.47 bits per heavy atom. The van der Waals surface area contributed by atoms with Crippen molar-refractivity contribution in [2.24, 2.45) is 0 Å². The quantitative estimate of drug-likeness (QED) is 0.666. The summed E-state index contributed by atoms with van der Waals surface area (Å²) < 4.78 is 7.66. The van der Waals surface area contributed by atoms with Gasteiger partial charge in [-0.1, -0.05) is 6.07 Å². The molecule has 0 saturated carbocycles.